The van der Waals surface area contributed by atoms with E-state index in [9.17, 15) is 9.59 Å². The van der Waals surface area contributed by atoms with Crippen molar-refractivity contribution < 1.29 is 19.1 Å². The Balaban J connectivity index is 1.84. The Bertz CT molecular complexity index is 427. The van der Waals surface area contributed by atoms with Crippen LogP contribution in [0.15, 0.2) is 16.5 Å². The third-order valence-electron chi connectivity index (χ3n) is 3.60. The van der Waals surface area contributed by atoms with Crippen LogP contribution in [0.3, 0.4) is 0 Å². The average molecular weight is 250 g/mol. The molecular formula is C14H18O4. The third kappa shape index (κ3) is 3.22. The molecule has 4 heteroatoms. The maximum Gasteiger partial charge on any atom is 0.371 e. The molecule has 0 aliphatic heterocycles. The molecule has 1 heterocycles. The van der Waals surface area contributed by atoms with Crippen molar-refractivity contribution in [2.24, 2.45) is 5.92 Å². The number of hydrogen-bond acceptors (Lipinski definition) is 3. The van der Waals surface area contributed by atoms with Gasteiger partial charge in [0.05, 0.1) is 0 Å². The first kappa shape index (κ1) is 12.9. The quantitative estimate of drug-likeness (QED) is 0.812. The van der Waals surface area contributed by atoms with E-state index in [4.69, 9.17) is 9.52 Å². The number of carboxylic acids is 1. The molecule has 0 unspecified atom stereocenters. The first-order valence-corrected chi connectivity index (χ1v) is 6.53. The van der Waals surface area contributed by atoms with E-state index in [-0.39, 0.29) is 17.3 Å². The van der Waals surface area contributed by atoms with Crippen molar-refractivity contribution in [3.63, 3.8) is 0 Å². The molecule has 0 amide bonds. The number of furan rings is 1. The second-order valence-electron chi connectivity index (χ2n) is 4.93. The standard InChI is InChI=1S/C14H18O4/c15-11(7-6-10-4-2-1-3-5-10)12-8-9-13(18-12)14(16)17/h8-10H,1-7H2,(H,16,17). The summed E-state index contributed by atoms with van der Waals surface area (Å²) in [7, 11) is 0. The zero-order valence-corrected chi connectivity index (χ0v) is 10.4. The van der Waals surface area contributed by atoms with E-state index >= 15 is 0 Å². The topological polar surface area (TPSA) is 67.5 Å². The molecule has 0 bridgehead atoms. The van der Waals surface area contributed by atoms with Gasteiger partial charge in [-0.05, 0) is 24.5 Å². The molecule has 1 aliphatic carbocycles. The van der Waals surface area contributed by atoms with Gasteiger partial charge in [-0.1, -0.05) is 32.1 Å². The summed E-state index contributed by atoms with van der Waals surface area (Å²) in [5, 5.41) is 8.71. The van der Waals surface area contributed by atoms with Gasteiger partial charge in [-0.2, -0.15) is 0 Å². The van der Waals surface area contributed by atoms with Gasteiger partial charge < -0.3 is 9.52 Å². The fraction of sp³-hybridized carbons (Fsp3) is 0.571. The maximum atomic E-state index is 11.8. The molecule has 0 saturated heterocycles. The number of carboxylic acid groups (broad SMARTS) is 1. The molecule has 1 aromatic heterocycles. The van der Waals surface area contributed by atoms with Crippen LogP contribution >= 0.6 is 0 Å². The van der Waals surface area contributed by atoms with Crippen molar-refractivity contribution in [3.8, 4) is 0 Å². The minimum absolute atomic E-state index is 0.0897. The second kappa shape index (κ2) is 5.85. The highest BCUT2D eigenvalue weighted by molar-refractivity contribution is 5.95. The minimum atomic E-state index is -1.14. The van der Waals surface area contributed by atoms with Crippen LogP contribution in [0.1, 0.15) is 66.1 Å². The van der Waals surface area contributed by atoms with Crippen molar-refractivity contribution in [1.82, 2.24) is 0 Å². The van der Waals surface area contributed by atoms with Crippen LogP contribution in [0.2, 0.25) is 0 Å². The van der Waals surface area contributed by atoms with Gasteiger partial charge in [0, 0.05) is 6.42 Å². The Morgan fingerprint density at radius 2 is 1.83 bits per heavy atom. The summed E-state index contributed by atoms with van der Waals surface area (Å²) in [4.78, 5) is 22.5. The predicted molar refractivity (Wildman–Crippen MR) is 65.8 cm³/mol. The van der Waals surface area contributed by atoms with Gasteiger partial charge >= 0.3 is 5.97 Å². The minimum Gasteiger partial charge on any atom is -0.475 e. The number of hydrogen-bond donors (Lipinski definition) is 1. The van der Waals surface area contributed by atoms with Crippen LogP contribution in [0.4, 0.5) is 0 Å². The van der Waals surface area contributed by atoms with E-state index in [1.807, 2.05) is 0 Å². The second-order valence-corrected chi connectivity index (χ2v) is 4.93. The van der Waals surface area contributed by atoms with Crippen LogP contribution in [-0.2, 0) is 0 Å². The van der Waals surface area contributed by atoms with E-state index in [1.54, 1.807) is 0 Å². The van der Waals surface area contributed by atoms with Gasteiger partial charge in [-0.15, -0.1) is 0 Å². The SMILES string of the molecule is O=C(O)c1ccc(C(=O)CCC2CCCCC2)o1. The molecule has 0 aromatic carbocycles. The van der Waals surface area contributed by atoms with Gasteiger partial charge in [0.2, 0.25) is 5.76 Å². The molecule has 4 nitrogen and oxygen atoms in total. The van der Waals surface area contributed by atoms with Crippen LogP contribution in [0.25, 0.3) is 0 Å². The summed E-state index contributed by atoms with van der Waals surface area (Å²) in [6.45, 7) is 0. The number of ketones is 1. The normalized spacial score (nSPS) is 16.7. The highest BCUT2D eigenvalue weighted by atomic mass is 16.4. The van der Waals surface area contributed by atoms with Crippen molar-refractivity contribution in [1.29, 1.82) is 0 Å². The lowest BCUT2D eigenvalue weighted by molar-refractivity contribution is 0.0659. The van der Waals surface area contributed by atoms with Gasteiger partial charge in [0.1, 0.15) is 0 Å². The number of rotatable bonds is 5. The molecule has 1 aromatic rings. The lowest BCUT2D eigenvalue weighted by Gasteiger charge is -2.20. The highest BCUT2D eigenvalue weighted by Gasteiger charge is 2.18. The summed E-state index contributed by atoms with van der Waals surface area (Å²) < 4.78 is 5.00. The van der Waals surface area contributed by atoms with Crippen LogP contribution in [0.5, 0.6) is 0 Å². The van der Waals surface area contributed by atoms with Gasteiger partial charge in [-0.25, -0.2) is 4.79 Å². The largest absolute Gasteiger partial charge is 0.475 e. The number of carbonyl (C=O) groups is 2. The Hall–Kier alpha value is -1.58. The molecule has 98 valence electrons. The Kier molecular flexibility index (Phi) is 4.18. The summed E-state index contributed by atoms with van der Waals surface area (Å²) in [6, 6.07) is 2.78. The van der Waals surface area contributed by atoms with Gasteiger partial charge in [0.25, 0.3) is 0 Å². The number of Topliss-reactive ketones (excluding diaryl/α,β-unsaturated/α-hetero) is 1. The van der Waals surface area contributed by atoms with Crippen molar-refractivity contribution in [3.05, 3.63) is 23.7 Å². The van der Waals surface area contributed by atoms with E-state index in [0.29, 0.717) is 12.3 Å². The molecular weight excluding hydrogens is 232 g/mol. The number of aromatic carboxylic acids is 1. The zero-order valence-electron chi connectivity index (χ0n) is 10.4. The van der Waals surface area contributed by atoms with Crippen molar-refractivity contribution in [2.45, 2.75) is 44.9 Å². The lowest BCUT2D eigenvalue weighted by atomic mass is 9.85. The monoisotopic (exact) mass is 250 g/mol. The molecule has 18 heavy (non-hydrogen) atoms. The lowest BCUT2D eigenvalue weighted by Crippen LogP contribution is -2.08. The van der Waals surface area contributed by atoms with Gasteiger partial charge in [0.15, 0.2) is 11.5 Å². The van der Waals surface area contributed by atoms with Gasteiger partial charge in [-0.3, -0.25) is 4.79 Å². The number of carbonyl (C=O) groups excluding carboxylic acids is 1. The molecule has 0 atom stereocenters. The molecule has 1 saturated carbocycles. The molecule has 1 aliphatic rings. The summed E-state index contributed by atoms with van der Waals surface area (Å²) in [5.41, 5.74) is 0. The fourth-order valence-corrected chi connectivity index (χ4v) is 2.54. The first-order valence-electron chi connectivity index (χ1n) is 6.53. The Morgan fingerprint density at radius 3 is 2.44 bits per heavy atom. The highest BCUT2D eigenvalue weighted by Crippen LogP contribution is 2.27. The van der Waals surface area contributed by atoms with Crippen LogP contribution in [0, 0.1) is 5.92 Å². The zero-order chi connectivity index (χ0) is 13.0. The summed E-state index contributed by atoms with van der Waals surface area (Å²) in [5.74, 6) is -0.578. The maximum absolute atomic E-state index is 11.8. The Morgan fingerprint density at radius 1 is 1.17 bits per heavy atom. The van der Waals surface area contributed by atoms with E-state index < -0.39 is 5.97 Å². The third-order valence-corrected chi connectivity index (χ3v) is 3.60. The smallest absolute Gasteiger partial charge is 0.371 e. The van der Waals surface area contributed by atoms with E-state index in [0.717, 1.165) is 6.42 Å². The summed E-state index contributed by atoms with van der Waals surface area (Å²) >= 11 is 0. The Labute approximate surface area is 106 Å². The van der Waals surface area contributed by atoms with E-state index in [1.165, 1.54) is 44.2 Å². The first-order chi connectivity index (χ1) is 8.66. The molecule has 0 radical (unpaired) electrons. The van der Waals surface area contributed by atoms with E-state index in [2.05, 4.69) is 0 Å². The summed E-state index contributed by atoms with van der Waals surface area (Å²) in [6.07, 6.45) is 7.62. The van der Waals surface area contributed by atoms with Crippen LogP contribution in [-0.4, -0.2) is 16.9 Å². The van der Waals surface area contributed by atoms with Crippen LogP contribution < -0.4 is 0 Å². The average Bonchev–Trinajstić information content (AvgIpc) is 2.87. The molecule has 2 rings (SSSR count). The fourth-order valence-electron chi connectivity index (χ4n) is 2.54. The molecule has 1 fully saturated rings. The predicted octanol–water partition coefficient (Wildman–Crippen LogP) is 3.52. The molecule has 0 spiro atoms. The van der Waals surface area contributed by atoms with Crippen molar-refractivity contribution >= 4 is 11.8 Å². The molecule has 1 N–H and O–H groups in total. The van der Waals surface area contributed by atoms with Crippen molar-refractivity contribution in [2.75, 3.05) is 0 Å².